The summed E-state index contributed by atoms with van der Waals surface area (Å²) in [4.78, 5) is 15.7. The van der Waals surface area contributed by atoms with Gasteiger partial charge in [-0.15, -0.1) is 10.2 Å². The van der Waals surface area contributed by atoms with Gasteiger partial charge in [0, 0.05) is 18.0 Å². The second-order valence-electron chi connectivity index (χ2n) is 8.79. The zero-order valence-corrected chi connectivity index (χ0v) is 20.8. The molecule has 3 aromatic rings. The van der Waals surface area contributed by atoms with Gasteiger partial charge in [-0.1, -0.05) is 37.7 Å². The van der Waals surface area contributed by atoms with Crippen molar-refractivity contribution in [3.63, 3.8) is 0 Å². The highest BCUT2D eigenvalue weighted by molar-refractivity contribution is 7.99. The number of aromatic nitrogens is 2. The third-order valence-electron chi connectivity index (χ3n) is 5.96. The second kappa shape index (κ2) is 12.0. The van der Waals surface area contributed by atoms with Gasteiger partial charge in [0.2, 0.25) is 0 Å². The van der Waals surface area contributed by atoms with Gasteiger partial charge in [-0.25, -0.2) is 4.39 Å². The molecule has 0 radical (unpaired) electrons. The lowest BCUT2D eigenvalue weighted by atomic mass is 9.97. The van der Waals surface area contributed by atoms with Crippen molar-refractivity contribution >= 4 is 23.5 Å². The van der Waals surface area contributed by atoms with Gasteiger partial charge in [0.15, 0.2) is 5.82 Å². The number of hydrogen-bond acceptors (Lipinski definition) is 7. The summed E-state index contributed by atoms with van der Waals surface area (Å²) in [5, 5.41) is 9.65. The Morgan fingerprint density at radius 3 is 2.34 bits per heavy atom. The van der Waals surface area contributed by atoms with Crippen LogP contribution in [0.3, 0.4) is 0 Å². The lowest BCUT2D eigenvalue weighted by Crippen LogP contribution is -2.37. The standard InChI is InChI=1S/C27H30FN3O3S/c1-19(2)20-3-9-24(10-4-20)35-26-12-11-25(29-30-26)31-15-13-21(14-16-31)27(32)34-18-17-33-23-7-5-22(28)6-8-23/h3-12,19,21H,13-18H2,1-2H3. The molecule has 0 N–H and O–H groups in total. The minimum Gasteiger partial charge on any atom is -0.490 e. The van der Waals surface area contributed by atoms with Crippen molar-refractivity contribution in [3.05, 3.63) is 72.0 Å². The highest BCUT2D eigenvalue weighted by Crippen LogP contribution is 2.29. The number of nitrogens with zero attached hydrogens (tertiary/aromatic N) is 3. The molecule has 1 aromatic heterocycles. The minimum absolute atomic E-state index is 0.131. The van der Waals surface area contributed by atoms with E-state index in [0.29, 0.717) is 24.5 Å². The number of hydrogen-bond donors (Lipinski definition) is 0. The zero-order chi connectivity index (χ0) is 24.6. The average Bonchev–Trinajstić information content (AvgIpc) is 2.88. The number of ether oxygens (including phenoxy) is 2. The van der Waals surface area contributed by atoms with Gasteiger partial charge in [-0.3, -0.25) is 4.79 Å². The van der Waals surface area contributed by atoms with Crippen LogP contribution in [0.15, 0.2) is 70.6 Å². The molecule has 1 aliphatic heterocycles. The van der Waals surface area contributed by atoms with Crippen molar-refractivity contribution in [1.82, 2.24) is 10.2 Å². The summed E-state index contributed by atoms with van der Waals surface area (Å²) in [7, 11) is 0. The van der Waals surface area contributed by atoms with Crippen molar-refractivity contribution in [2.24, 2.45) is 5.92 Å². The summed E-state index contributed by atoms with van der Waals surface area (Å²) in [5.74, 6) is 1.24. The van der Waals surface area contributed by atoms with Crippen molar-refractivity contribution < 1.29 is 18.7 Å². The molecule has 184 valence electrons. The molecule has 0 aliphatic carbocycles. The Labute approximate surface area is 209 Å². The van der Waals surface area contributed by atoms with Crippen LogP contribution in [0.2, 0.25) is 0 Å². The number of anilines is 1. The van der Waals surface area contributed by atoms with E-state index >= 15 is 0 Å². The first-order chi connectivity index (χ1) is 17.0. The summed E-state index contributed by atoms with van der Waals surface area (Å²) < 4.78 is 23.8. The van der Waals surface area contributed by atoms with Gasteiger partial charge >= 0.3 is 5.97 Å². The lowest BCUT2D eigenvalue weighted by molar-refractivity contribution is -0.150. The molecule has 0 saturated carbocycles. The van der Waals surface area contributed by atoms with Crippen LogP contribution in [-0.2, 0) is 9.53 Å². The van der Waals surface area contributed by atoms with Crippen LogP contribution < -0.4 is 9.64 Å². The van der Waals surface area contributed by atoms with Crippen LogP contribution in [-0.4, -0.2) is 42.5 Å². The van der Waals surface area contributed by atoms with Gasteiger partial charge < -0.3 is 14.4 Å². The van der Waals surface area contributed by atoms with E-state index < -0.39 is 0 Å². The molecule has 0 spiro atoms. The molecule has 1 saturated heterocycles. The maximum atomic E-state index is 12.9. The second-order valence-corrected chi connectivity index (χ2v) is 9.88. The van der Waals surface area contributed by atoms with E-state index in [2.05, 4.69) is 53.2 Å². The quantitative estimate of drug-likeness (QED) is 0.277. The number of esters is 1. The normalized spacial score (nSPS) is 14.2. The van der Waals surface area contributed by atoms with Crippen LogP contribution in [0.5, 0.6) is 5.75 Å². The predicted octanol–water partition coefficient (Wildman–Crippen LogP) is 5.73. The highest BCUT2D eigenvalue weighted by Gasteiger charge is 2.27. The number of rotatable bonds is 9. The Hall–Kier alpha value is -3.13. The first kappa shape index (κ1) is 25.0. The van der Waals surface area contributed by atoms with Crippen LogP contribution in [0.1, 0.15) is 38.2 Å². The fourth-order valence-corrected chi connectivity index (χ4v) is 4.60. The van der Waals surface area contributed by atoms with E-state index in [4.69, 9.17) is 9.47 Å². The fraction of sp³-hybridized carbons (Fsp3) is 0.370. The summed E-state index contributed by atoms with van der Waals surface area (Å²) in [6.45, 7) is 6.23. The number of halogens is 1. The van der Waals surface area contributed by atoms with Crippen LogP contribution in [0.4, 0.5) is 10.2 Å². The Kier molecular flexibility index (Phi) is 8.58. The molecule has 0 atom stereocenters. The number of piperidine rings is 1. The molecular weight excluding hydrogens is 465 g/mol. The molecule has 0 amide bonds. The summed E-state index contributed by atoms with van der Waals surface area (Å²) >= 11 is 1.60. The van der Waals surface area contributed by atoms with Gasteiger partial charge in [0.25, 0.3) is 0 Å². The summed E-state index contributed by atoms with van der Waals surface area (Å²) in [6.07, 6.45) is 1.41. The van der Waals surface area contributed by atoms with Crippen molar-refractivity contribution in [2.75, 3.05) is 31.2 Å². The van der Waals surface area contributed by atoms with E-state index in [1.165, 1.54) is 17.7 Å². The molecule has 4 rings (SSSR count). The SMILES string of the molecule is CC(C)c1ccc(Sc2ccc(N3CCC(C(=O)OCCOc4ccc(F)cc4)CC3)nn2)cc1. The Bertz CT molecular complexity index is 1080. The predicted molar refractivity (Wildman–Crippen MR) is 134 cm³/mol. The van der Waals surface area contributed by atoms with Crippen molar-refractivity contribution in [2.45, 2.75) is 42.5 Å². The maximum Gasteiger partial charge on any atom is 0.309 e. The summed E-state index contributed by atoms with van der Waals surface area (Å²) in [5.41, 5.74) is 1.32. The molecule has 0 bridgehead atoms. The number of carbonyl (C=O) groups is 1. The third kappa shape index (κ3) is 7.18. The Balaban J connectivity index is 1.18. The number of benzene rings is 2. The van der Waals surface area contributed by atoms with E-state index in [0.717, 1.165) is 28.8 Å². The molecule has 1 fully saturated rings. The Morgan fingerprint density at radius 2 is 1.71 bits per heavy atom. The smallest absolute Gasteiger partial charge is 0.309 e. The molecule has 2 heterocycles. The molecule has 6 nitrogen and oxygen atoms in total. The molecule has 1 aliphatic rings. The third-order valence-corrected chi connectivity index (χ3v) is 6.89. The molecule has 0 unspecified atom stereocenters. The van der Waals surface area contributed by atoms with Gasteiger partial charge in [0.1, 0.15) is 29.8 Å². The van der Waals surface area contributed by atoms with Crippen LogP contribution in [0.25, 0.3) is 0 Å². The van der Waals surface area contributed by atoms with Crippen LogP contribution >= 0.6 is 11.8 Å². The maximum absolute atomic E-state index is 12.9. The largest absolute Gasteiger partial charge is 0.490 e. The van der Waals surface area contributed by atoms with Crippen molar-refractivity contribution in [3.8, 4) is 5.75 Å². The monoisotopic (exact) mass is 495 g/mol. The van der Waals surface area contributed by atoms with E-state index in [9.17, 15) is 9.18 Å². The fourth-order valence-electron chi connectivity index (χ4n) is 3.87. The van der Waals surface area contributed by atoms with Crippen LogP contribution in [0, 0.1) is 11.7 Å². The average molecular weight is 496 g/mol. The number of carbonyl (C=O) groups excluding carboxylic acids is 1. The molecule has 35 heavy (non-hydrogen) atoms. The van der Waals surface area contributed by atoms with E-state index in [1.807, 2.05) is 12.1 Å². The van der Waals surface area contributed by atoms with Gasteiger partial charge in [0.05, 0.1) is 5.92 Å². The highest BCUT2D eigenvalue weighted by atomic mass is 32.2. The molecule has 2 aromatic carbocycles. The summed E-state index contributed by atoms with van der Waals surface area (Å²) in [6, 6.07) is 18.3. The topological polar surface area (TPSA) is 64.6 Å². The zero-order valence-electron chi connectivity index (χ0n) is 20.0. The first-order valence-corrected chi connectivity index (χ1v) is 12.7. The minimum atomic E-state index is -0.316. The van der Waals surface area contributed by atoms with E-state index in [1.54, 1.807) is 23.9 Å². The Morgan fingerprint density at radius 1 is 1.00 bits per heavy atom. The lowest BCUT2D eigenvalue weighted by Gasteiger charge is -2.31. The van der Waals surface area contributed by atoms with Crippen molar-refractivity contribution in [1.29, 1.82) is 0 Å². The molecule has 8 heteroatoms. The van der Waals surface area contributed by atoms with Gasteiger partial charge in [-0.2, -0.15) is 0 Å². The first-order valence-electron chi connectivity index (χ1n) is 11.9. The molecular formula is C27H30FN3O3S. The van der Waals surface area contributed by atoms with E-state index in [-0.39, 0.29) is 30.9 Å². The van der Waals surface area contributed by atoms with Gasteiger partial charge in [-0.05, 0) is 72.9 Å².